The van der Waals surface area contributed by atoms with Crippen molar-refractivity contribution in [3.8, 4) is 0 Å². The number of rotatable bonds is 15. The first-order valence-corrected chi connectivity index (χ1v) is 11.7. The van der Waals surface area contributed by atoms with Gasteiger partial charge < -0.3 is 19.9 Å². The van der Waals surface area contributed by atoms with Crippen LogP contribution >= 0.6 is 0 Å². The molecule has 0 unspecified atom stereocenters. The number of likely N-dealkylation sites (tertiary alicyclic amines) is 1. The summed E-state index contributed by atoms with van der Waals surface area (Å²) in [4.78, 5) is 51.9. The van der Waals surface area contributed by atoms with Crippen LogP contribution in [0.1, 0.15) is 91.4 Å². The number of Topliss-reactive ketones (excluding diaryl/α,β-unsaturated/α-hetero) is 1. The van der Waals surface area contributed by atoms with E-state index >= 15 is 0 Å². The Morgan fingerprint density at radius 3 is 2.00 bits per heavy atom. The maximum absolute atomic E-state index is 12.9. The van der Waals surface area contributed by atoms with E-state index in [1.807, 2.05) is 6.92 Å². The quantitative estimate of drug-likeness (QED) is 0.410. The zero-order valence-electron chi connectivity index (χ0n) is 19.2. The second-order valence-electron chi connectivity index (χ2n) is 8.26. The van der Waals surface area contributed by atoms with E-state index in [-0.39, 0.29) is 30.0 Å². The average Bonchev–Trinajstić information content (AvgIpc) is 3.26. The van der Waals surface area contributed by atoms with Gasteiger partial charge in [-0.15, -0.1) is 0 Å². The fourth-order valence-corrected chi connectivity index (χ4v) is 3.78. The molecule has 1 N–H and O–H groups in total. The van der Waals surface area contributed by atoms with Gasteiger partial charge >= 0.3 is 0 Å². The molecular weight excluding hydrogens is 382 g/mol. The summed E-state index contributed by atoms with van der Waals surface area (Å²) in [7, 11) is 0. The van der Waals surface area contributed by atoms with Crippen molar-refractivity contribution in [3.05, 3.63) is 0 Å². The zero-order valence-corrected chi connectivity index (χ0v) is 19.2. The van der Waals surface area contributed by atoms with E-state index in [9.17, 15) is 19.2 Å². The standard InChI is InChI=1S/C23H41N3O4/c1-4-21(28)24-20(23(30)26-16-12-13-17-26)18-25(5-2)22(29)15-11-9-7-6-8-10-14-19(3)27/h20H,4-18H2,1-3H3,(H,24,28)/t20-/m0/s1. The number of carbonyl (C=O) groups excluding carboxylic acids is 4. The van der Waals surface area contributed by atoms with E-state index in [0.29, 0.717) is 25.8 Å². The molecule has 0 bridgehead atoms. The zero-order chi connectivity index (χ0) is 22.4. The Morgan fingerprint density at radius 2 is 1.47 bits per heavy atom. The van der Waals surface area contributed by atoms with Crippen LogP contribution in [0.15, 0.2) is 0 Å². The lowest BCUT2D eigenvalue weighted by atomic mass is 10.1. The maximum atomic E-state index is 12.9. The largest absolute Gasteiger partial charge is 0.343 e. The molecule has 7 nitrogen and oxygen atoms in total. The molecule has 1 aliphatic heterocycles. The van der Waals surface area contributed by atoms with Gasteiger partial charge in [0.2, 0.25) is 17.7 Å². The number of unbranched alkanes of at least 4 members (excludes halogenated alkanes) is 5. The van der Waals surface area contributed by atoms with Gasteiger partial charge in [-0.25, -0.2) is 0 Å². The van der Waals surface area contributed by atoms with Gasteiger partial charge in [-0.2, -0.15) is 0 Å². The first kappa shape index (κ1) is 26.1. The summed E-state index contributed by atoms with van der Waals surface area (Å²) in [5.74, 6) is 0.0443. The number of hydrogen-bond donors (Lipinski definition) is 1. The highest BCUT2D eigenvalue weighted by Gasteiger charge is 2.30. The lowest BCUT2D eigenvalue weighted by Crippen LogP contribution is -2.54. The van der Waals surface area contributed by atoms with E-state index < -0.39 is 6.04 Å². The molecule has 30 heavy (non-hydrogen) atoms. The normalized spacial score (nSPS) is 14.4. The van der Waals surface area contributed by atoms with Gasteiger partial charge in [-0.1, -0.05) is 32.6 Å². The SMILES string of the molecule is CCC(=O)N[C@@H](CN(CC)C(=O)CCCCCCCCC(C)=O)C(=O)N1CCCC1. The Balaban J connectivity index is 2.44. The van der Waals surface area contributed by atoms with Crippen LogP contribution in [0.5, 0.6) is 0 Å². The molecule has 1 fully saturated rings. The Morgan fingerprint density at radius 1 is 0.900 bits per heavy atom. The molecule has 1 aliphatic rings. The van der Waals surface area contributed by atoms with Crippen LogP contribution in [0, 0.1) is 0 Å². The minimum atomic E-state index is -0.666. The molecule has 1 rings (SSSR count). The van der Waals surface area contributed by atoms with Crippen LogP contribution in [0.2, 0.25) is 0 Å². The number of ketones is 1. The summed E-state index contributed by atoms with van der Waals surface area (Å²) in [6.45, 7) is 7.51. The van der Waals surface area contributed by atoms with Gasteiger partial charge in [0.05, 0.1) is 0 Å². The van der Waals surface area contributed by atoms with E-state index in [0.717, 1.165) is 64.5 Å². The Hall–Kier alpha value is -1.92. The summed E-state index contributed by atoms with van der Waals surface area (Å²) in [6, 6.07) is -0.666. The fourth-order valence-electron chi connectivity index (χ4n) is 3.78. The van der Waals surface area contributed by atoms with Crippen molar-refractivity contribution in [2.75, 3.05) is 26.2 Å². The summed E-state index contributed by atoms with van der Waals surface area (Å²) in [6.07, 6.45) is 9.42. The molecule has 0 spiro atoms. The van der Waals surface area contributed by atoms with Gasteiger partial charge in [-0.3, -0.25) is 14.4 Å². The Kier molecular flexibility index (Phi) is 13.0. The number of nitrogens with one attached hydrogen (secondary N) is 1. The highest BCUT2D eigenvalue weighted by Crippen LogP contribution is 2.12. The second-order valence-corrected chi connectivity index (χ2v) is 8.26. The molecule has 0 aliphatic carbocycles. The third-order valence-corrected chi connectivity index (χ3v) is 5.68. The second kappa shape index (κ2) is 15.0. The van der Waals surface area contributed by atoms with Crippen LogP contribution in [0.25, 0.3) is 0 Å². The van der Waals surface area contributed by atoms with Crippen LogP contribution in [0.4, 0.5) is 0 Å². The molecule has 7 heteroatoms. The average molecular weight is 424 g/mol. The van der Waals surface area contributed by atoms with Crippen molar-refractivity contribution in [1.29, 1.82) is 0 Å². The summed E-state index contributed by atoms with van der Waals surface area (Å²) in [5.41, 5.74) is 0. The molecule has 0 aromatic carbocycles. The lowest BCUT2D eigenvalue weighted by Gasteiger charge is -2.29. The van der Waals surface area contributed by atoms with Gasteiger partial charge in [0, 0.05) is 45.4 Å². The first-order chi connectivity index (χ1) is 14.4. The number of nitrogens with zero attached hydrogens (tertiary/aromatic N) is 2. The molecule has 0 saturated carbocycles. The van der Waals surface area contributed by atoms with E-state index in [2.05, 4.69) is 5.32 Å². The Bertz CT molecular complexity index is 559. The van der Waals surface area contributed by atoms with Crippen LogP contribution in [0.3, 0.4) is 0 Å². The van der Waals surface area contributed by atoms with Gasteiger partial charge in [0.25, 0.3) is 0 Å². The molecule has 1 heterocycles. The summed E-state index contributed by atoms with van der Waals surface area (Å²) < 4.78 is 0. The molecule has 0 radical (unpaired) electrons. The van der Waals surface area contributed by atoms with Crippen LogP contribution in [-0.4, -0.2) is 65.5 Å². The van der Waals surface area contributed by atoms with Crippen LogP contribution < -0.4 is 5.32 Å². The van der Waals surface area contributed by atoms with Crippen molar-refractivity contribution in [2.24, 2.45) is 0 Å². The molecule has 1 saturated heterocycles. The van der Waals surface area contributed by atoms with Gasteiger partial charge in [-0.05, 0) is 39.5 Å². The monoisotopic (exact) mass is 423 g/mol. The summed E-state index contributed by atoms with van der Waals surface area (Å²) >= 11 is 0. The highest BCUT2D eigenvalue weighted by atomic mass is 16.2. The van der Waals surface area contributed by atoms with E-state index in [1.165, 1.54) is 0 Å². The number of amides is 3. The number of carbonyl (C=O) groups is 4. The van der Waals surface area contributed by atoms with E-state index in [1.54, 1.807) is 23.6 Å². The van der Waals surface area contributed by atoms with E-state index in [4.69, 9.17) is 0 Å². The molecule has 172 valence electrons. The molecule has 1 atom stereocenters. The maximum Gasteiger partial charge on any atom is 0.246 e. The number of hydrogen-bond acceptors (Lipinski definition) is 4. The highest BCUT2D eigenvalue weighted by molar-refractivity contribution is 5.88. The topological polar surface area (TPSA) is 86.8 Å². The molecule has 0 aromatic heterocycles. The fraction of sp³-hybridized carbons (Fsp3) is 0.826. The lowest BCUT2D eigenvalue weighted by molar-refractivity contribution is -0.138. The van der Waals surface area contributed by atoms with Gasteiger partial charge in [0.1, 0.15) is 11.8 Å². The third kappa shape index (κ3) is 10.2. The van der Waals surface area contributed by atoms with Crippen molar-refractivity contribution >= 4 is 23.5 Å². The smallest absolute Gasteiger partial charge is 0.246 e. The van der Waals surface area contributed by atoms with Gasteiger partial charge in [0.15, 0.2) is 0 Å². The molecule has 0 aromatic rings. The minimum Gasteiger partial charge on any atom is -0.343 e. The van der Waals surface area contributed by atoms with Crippen molar-refractivity contribution < 1.29 is 19.2 Å². The summed E-state index contributed by atoms with van der Waals surface area (Å²) in [5, 5.41) is 2.82. The number of likely N-dealkylation sites (N-methyl/N-ethyl adjacent to an activating group) is 1. The molecular formula is C23H41N3O4. The van der Waals surface area contributed by atoms with Crippen molar-refractivity contribution in [3.63, 3.8) is 0 Å². The van der Waals surface area contributed by atoms with Crippen molar-refractivity contribution in [1.82, 2.24) is 15.1 Å². The first-order valence-electron chi connectivity index (χ1n) is 11.7. The van der Waals surface area contributed by atoms with Crippen LogP contribution in [-0.2, 0) is 19.2 Å². The van der Waals surface area contributed by atoms with Crippen molar-refractivity contribution in [2.45, 2.75) is 97.4 Å². The predicted molar refractivity (Wildman–Crippen MR) is 118 cm³/mol. The Labute approximate surface area is 181 Å². The molecule has 3 amide bonds. The predicted octanol–water partition coefficient (Wildman–Crippen LogP) is 3.06. The third-order valence-electron chi connectivity index (χ3n) is 5.68. The minimum absolute atomic E-state index is 0.0408.